The van der Waals surface area contributed by atoms with Crippen LogP contribution in [0, 0.1) is 0 Å². The summed E-state index contributed by atoms with van der Waals surface area (Å²) < 4.78 is 1.34. The number of hydrogen-bond acceptors (Lipinski definition) is 3. The third-order valence-electron chi connectivity index (χ3n) is 3.95. The molecule has 1 aliphatic carbocycles. The minimum Gasteiger partial charge on any atom is -0.343 e. The van der Waals surface area contributed by atoms with Crippen molar-refractivity contribution in [2.75, 3.05) is 5.32 Å². The highest BCUT2D eigenvalue weighted by Gasteiger charge is 2.30. The highest BCUT2D eigenvalue weighted by molar-refractivity contribution is 6.39. The number of nitrogens with zero attached hydrogens (tertiary/aromatic N) is 1. The number of amides is 2. The number of aryl methyl sites for hydroxylation is 1. The molecular formula is C15H21N3O3. The van der Waals surface area contributed by atoms with E-state index in [1.165, 1.54) is 10.6 Å². The summed E-state index contributed by atoms with van der Waals surface area (Å²) in [6, 6.07) is 3.12. The van der Waals surface area contributed by atoms with Gasteiger partial charge in [0.2, 0.25) is 0 Å². The number of carbonyl (C=O) groups is 2. The van der Waals surface area contributed by atoms with E-state index in [-0.39, 0.29) is 16.8 Å². The minimum absolute atomic E-state index is 0.106. The van der Waals surface area contributed by atoms with Gasteiger partial charge in [0.05, 0.1) is 0 Å². The van der Waals surface area contributed by atoms with Gasteiger partial charge >= 0.3 is 11.8 Å². The molecule has 6 heteroatoms. The average Bonchev–Trinajstić information content (AvgIpc) is 2.44. The molecule has 21 heavy (non-hydrogen) atoms. The summed E-state index contributed by atoms with van der Waals surface area (Å²) in [4.78, 5) is 35.7. The quantitative estimate of drug-likeness (QED) is 0.802. The first-order valence-corrected chi connectivity index (χ1v) is 7.20. The molecule has 1 fully saturated rings. The van der Waals surface area contributed by atoms with Gasteiger partial charge < -0.3 is 15.2 Å². The molecule has 2 N–H and O–H groups in total. The Kier molecular flexibility index (Phi) is 4.45. The van der Waals surface area contributed by atoms with Gasteiger partial charge in [-0.15, -0.1) is 0 Å². The zero-order valence-corrected chi connectivity index (χ0v) is 12.4. The van der Waals surface area contributed by atoms with Crippen molar-refractivity contribution in [1.82, 2.24) is 9.88 Å². The lowest BCUT2D eigenvalue weighted by atomic mass is 9.83. The Morgan fingerprint density at radius 3 is 2.52 bits per heavy atom. The van der Waals surface area contributed by atoms with Gasteiger partial charge in [-0.3, -0.25) is 14.4 Å². The maximum atomic E-state index is 12.0. The normalized spacial score (nSPS) is 17.0. The first-order valence-electron chi connectivity index (χ1n) is 7.20. The summed E-state index contributed by atoms with van der Waals surface area (Å²) in [5.74, 6) is -1.49. The molecule has 0 atom stereocenters. The second kappa shape index (κ2) is 6.11. The molecular weight excluding hydrogens is 270 g/mol. The summed E-state index contributed by atoms with van der Waals surface area (Å²) in [5.41, 5.74) is -0.564. The van der Waals surface area contributed by atoms with E-state index < -0.39 is 11.8 Å². The lowest BCUT2D eigenvalue weighted by Crippen LogP contribution is -2.51. The predicted octanol–water partition coefficient (Wildman–Crippen LogP) is 1.16. The van der Waals surface area contributed by atoms with Gasteiger partial charge in [-0.05, 0) is 31.9 Å². The lowest BCUT2D eigenvalue weighted by Gasteiger charge is -2.34. The van der Waals surface area contributed by atoms with Crippen molar-refractivity contribution in [3.63, 3.8) is 0 Å². The first kappa shape index (κ1) is 15.3. The van der Waals surface area contributed by atoms with E-state index in [0.717, 1.165) is 32.1 Å². The van der Waals surface area contributed by atoms with Crippen LogP contribution in [0.3, 0.4) is 0 Å². The van der Waals surface area contributed by atoms with Crippen molar-refractivity contribution in [3.05, 3.63) is 28.7 Å². The van der Waals surface area contributed by atoms with E-state index in [2.05, 4.69) is 10.6 Å². The van der Waals surface area contributed by atoms with Gasteiger partial charge in [0.15, 0.2) is 0 Å². The molecule has 2 amide bonds. The van der Waals surface area contributed by atoms with Crippen LogP contribution in [0.2, 0.25) is 0 Å². The van der Waals surface area contributed by atoms with Gasteiger partial charge in [0.25, 0.3) is 5.56 Å². The summed E-state index contributed by atoms with van der Waals surface area (Å²) in [7, 11) is 1.58. The van der Waals surface area contributed by atoms with Crippen LogP contribution in [0.1, 0.15) is 39.0 Å². The standard InChI is InChI=1S/C15H21N3O3/c1-15(8-4-3-5-9-15)17-13(20)12(19)16-11-7-6-10-18(2)14(11)21/h6-7,10H,3-5,8-9H2,1-2H3,(H,16,19)(H,17,20). The Morgan fingerprint density at radius 1 is 1.19 bits per heavy atom. The van der Waals surface area contributed by atoms with E-state index in [4.69, 9.17) is 0 Å². The van der Waals surface area contributed by atoms with Gasteiger partial charge in [0.1, 0.15) is 5.69 Å². The molecule has 114 valence electrons. The van der Waals surface area contributed by atoms with Gasteiger partial charge in [-0.25, -0.2) is 0 Å². The largest absolute Gasteiger partial charge is 0.343 e. The maximum absolute atomic E-state index is 12.0. The fraction of sp³-hybridized carbons (Fsp3) is 0.533. The summed E-state index contributed by atoms with van der Waals surface area (Å²) in [6.07, 6.45) is 6.60. The zero-order chi connectivity index (χ0) is 15.5. The van der Waals surface area contributed by atoms with Crippen LogP contribution in [0.15, 0.2) is 23.1 Å². The van der Waals surface area contributed by atoms with E-state index in [1.54, 1.807) is 19.3 Å². The summed E-state index contributed by atoms with van der Waals surface area (Å²) in [5, 5.41) is 5.16. The van der Waals surface area contributed by atoms with Crippen LogP contribution in [0.25, 0.3) is 0 Å². The van der Waals surface area contributed by atoms with Crippen LogP contribution in [0.4, 0.5) is 5.69 Å². The van der Waals surface area contributed by atoms with E-state index in [0.29, 0.717) is 0 Å². The van der Waals surface area contributed by atoms with Crippen molar-refractivity contribution < 1.29 is 9.59 Å². The number of anilines is 1. The first-order chi connectivity index (χ1) is 9.91. The lowest BCUT2D eigenvalue weighted by molar-refractivity contribution is -0.137. The van der Waals surface area contributed by atoms with Crippen molar-refractivity contribution >= 4 is 17.5 Å². The Morgan fingerprint density at radius 2 is 1.86 bits per heavy atom. The van der Waals surface area contributed by atoms with Crippen molar-refractivity contribution in [2.45, 2.75) is 44.6 Å². The van der Waals surface area contributed by atoms with Crippen LogP contribution < -0.4 is 16.2 Å². The van der Waals surface area contributed by atoms with Gasteiger partial charge in [-0.1, -0.05) is 19.3 Å². The molecule has 0 bridgehead atoms. The maximum Gasteiger partial charge on any atom is 0.313 e. The number of rotatable bonds is 2. The molecule has 0 saturated heterocycles. The smallest absolute Gasteiger partial charge is 0.313 e. The molecule has 1 heterocycles. The third kappa shape index (κ3) is 3.71. The van der Waals surface area contributed by atoms with Crippen molar-refractivity contribution in [2.24, 2.45) is 7.05 Å². The van der Waals surface area contributed by atoms with Gasteiger partial charge in [0, 0.05) is 18.8 Å². The third-order valence-corrected chi connectivity index (χ3v) is 3.95. The van der Waals surface area contributed by atoms with Crippen molar-refractivity contribution in [1.29, 1.82) is 0 Å². The Hall–Kier alpha value is -2.11. The second-order valence-corrected chi connectivity index (χ2v) is 5.87. The highest BCUT2D eigenvalue weighted by Crippen LogP contribution is 2.27. The van der Waals surface area contributed by atoms with E-state index in [9.17, 15) is 14.4 Å². The molecule has 1 aliphatic rings. The number of hydrogen-bond donors (Lipinski definition) is 2. The number of carbonyl (C=O) groups excluding carboxylic acids is 2. The molecule has 6 nitrogen and oxygen atoms in total. The topological polar surface area (TPSA) is 80.2 Å². The predicted molar refractivity (Wildman–Crippen MR) is 79.9 cm³/mol. The number of aromatic nitrogens is 1. The summed E-state index contributed by atoms with van der Waals surface area (Å²) >= 11 is 0. The van der Waals surface area contributed by atoms with Crippen LogP contribution in [0.5, 0.6) is 0 Å². The van der Waals surface area contributed by atoms with E-state index >= 15 is 0 Å². The summed E-state index contributed by atoms with van der Waals surface area (Å²) in [6.45, 7) is 1.96. The highest BCUT2D eigenvalue weighted by atomic mass is 16.2. The molecule has 0 aliphatic heterocycles. The van der Waals surface area contributed by atoms with Crippen molar-refractivity contribution in [3.8, 4) is 0 Å². The second-order valence-electron chi connectivity index (χ2n) is 5.87. The molecule has 1 aromatic rings. The minimum atomic E-state index is -0.801. The molecule has 0 unspecified atom stereocenters. The Bertz CT molecular complexity index is 600. The molecule has 0 spiro atoms. The molecule has 0 radical (unpaired) electrons. The Balaban J connectivity index is 2.01. The zero-order valence-electron chi connectivity index (χ0n) is 12.4. The van der Waals surface area contributed by atoms with E-state index in [1.807, 2.05) is 6.92 Å². The number of nitrogens with one attached hydrogen (secondary N) is 2. The molecule has 1 aromatic heterocycles. The SMILES string of the molecule is Cn1cccc(NC(=O)C(=O)NC2(C)CCCCC2)c1=O. The fourth-order valence-electron chi connectivity index (χ4n) is 2.66. The van der Waals surface area contributed by atoms with Gasteiger partial charge in [-0.2, -0.15) is 0 Å². The fourth-order valence-corrected chi connectivity index (χ4v) is 2.66. The molecule has 2 rings (SSSR count). The monoisotopic (exact) mass is 291 g/mol. The van der Waals surface area contributed by atoms with Crippen LogP contribution in [-0.4, -0.2) is 21.9 Å². The average molecular weight is 291 g/mol. The van der Waals surface area contributed by atoms with Crippen LogP contribution in [-0.2, 0) is 16.6 Å². The Labute approximate surface area is 123 Å². The van der Waals surface area contributed by atoms with Crippen LogP contribution >= 0.6 is 0 Å². The molecule has 0 aromatic carbocycles. The molecule has 1 saturated carbocycles. The number of pyridine rings is 1.